The molecular weight excluding hydrogens is 404 g/mol. The molecule has 0 radical (unpaired) electrons. The van der Waals surface area contributed by atoms with Gasteiger partial charge in [0.1, 0.15) is 6.67 Å². The lowest BCUT2D eigenvalue weighted by molar-refractivity contribution is 0.496. The SMILES string of the molecule is Cc1ccc(-c2nn(Cn3nc(C)c(Cl)c3C)c(-c3ccc(C)c(C)c3)c2C)cc1C. The zero-order valence-electron chi connectivity index (χ0n) is 19.3. The van der Waals surface area contributed by atoms with Crippen LogP contribution in [0.15, 0.2) is 36.4 Å². The molecule has 4 nitrogen and oxygen atoms in total. The topological polar surface area (TPSA) is 35.6 Å². The van der Waals surface area contributed by atoms with Crippen molar-refractivity contribution in [3.63, 3.8) is 0 Å². The number of aromatic nitrogens is 4. The number of hydrogen-bond acceptors (Lipinski definition) is 2. The van der Waals surface area contributed by atoms with Crippen LogP contribution >= 0.6 is 11.6 Å². The number of halogens is 1. The van der Waals surface area contributed by atoms with E-state index in [1.54, 1.807) is 0 Å². The van der Waals surface area contributed by atoms with Crippen molar-refractivity contribution in [2.45, 2.75) is 55.1 Å². The second kappa shape index (κ2) is 8.01. The summed E-state index contributed by atoms with van der Waals surface area (Å²) in [5, 5.41) is 10.4. The standard InChI is InChI=1S/C26H29ClN4/c1-15-8-10-22(12-17(15)3)25-19(5)26(23-11-9-16(2)18(4)13-23)31(29-25)14-30-21(7)24(27)20(6)28-30/h8-13H,14H2,1-7H3. The Hall–Kier alpha value is -2.85. The van der Waals surface area contributed by atoms with Gasteiger partial charge in [-0.05, 0) is 82.9 Å². The lowest BCUT2D eigenvalue weighted by atomic mass is 9.98. The summed E-state index contributed by atoms with van der Waals surface area (Å²) < 4.78 is 3.98. The zero-order chi connectivity index (χ0) is 22.4. The number of hydrogen-bond donors (Lipinski definition) is 0. The van der Waals surface area contributed by atoms with Crippen molar-refractivity contribution >= 4 is 11.6 Å². The molecule has 4 rings (SSSR count). The average Bonchev–Trinajstić information content (AvgIpc) is 3.17. The predicted molar refractivity (Wildman–Crippen MR) is 129 cm³/mol. The molecule has 0 bridgehead atoms. The van der Waals surface area contributed by atoms with Crippen LogP contribution in [-0.2, 0) is 6.67 Å². The highest BCUT2D eigenvalue weighted by Crippen LogP contribution is 2.33. The largest absolute Gasteiger partial charge is 0.246 e. The van der Waals surface area contributed by atoms with Gasteiger partial charge in [0.25, 0.3) is 0 Å². The molecule has 2 heterocycles. The first-order valence-corrected chi connectivity index (χ1v) is 11.0. The maximum atomic E-state index is 6.41. The molecule has 0 N–H and O–H groups in total. The summed E-state index contributed by atoms with van der Waals surface area (Å²) in [5.41, 5.74) is 12.5. The van der Waals surface area contributed by atoms with E-state index in [0.717, 1.165) is 33.9 Å². The molecule has 0 saturated carbocycles. The molecule has 0 aliphatic carbocycles. The molecule has 0 unspecified atom stereocenters. The molecule has 160 valence electrons. The molecule has 0 atom stereocenters. The van der Waals surface area contributed by atoms with Crippen molar-refractivity contribution in [1.82, 2.24) is 19.6 Å². The van der Waals surface area contributed by atoms with Gasteiger partial charge in [0.15, 0.2) is 0 Å². The third-order valence-electron chi connectivity index (χ3n) is 6.31. The second-order valence-corrected chi connectivity index (χ2v) is 8.92. The maximum absolute atomic E-state index is 6.41. The number of rotatable bonds is 4. The van der Waals surface area contributed by atoms with E-state index in [0.29, 0.717) is 11.7 Å². The lowest BCUT2D eigenvalue weighted by Crippen LogP contribution is -2.13. The molecule has 0 aliphatic heterocycles. The molecule has 0 aliphatic rings. The van der Waals surface area contributed by atoms with E-state index in [-0.39, 0.29) is 0 Å². The second-order valence-electron chi connectivity index (χ2n) is 8.55. The molecular formula is C26H29ClN4. The van der Waals surface area contributed by atoms with E-state index in [1.807, 2.05) is 18.5 Å². The van der Waals surface area contributed by atoms with E-state index >= 15 is 0 Å². The highest BCUT2D eigenvalue weighted by molar-refractivity contribution is 6.31. The van der Waals surface area contributed by atoms with Crippen LogP contribution in [0.4, 0.5) is 0 Å². The minimum absolute atomic E-state index is 0.507. The summed E-state index contributed by atoms with van der Waals surface area (Å²) in [6.45, 7) is 15.2. The van der Waals surface area contributed by atoms with Gasteiger partial charge >= 0.3 is 0 Å². The van der Waals surface area contributed by atoms with Crippen molar-refractivity contribution < 1.29 is 0 Å². The minimum atomic E-state index is 0.507. The summed E-state index contributed by atoms with van der Waals surface area (Å²) in [4.78, 5) is 0. The van der Waals surface area contributed by atoms with E-state index in [4.69, 9.17) is 16.7 Å². The van der Waals surface area contributed by atoms with E-state index in [2.05, 4.69) is 80.8 Å². The Kier molecular flexibility index (Phi) is 5.52. The Bertz CT molecular complexity index is 1290. The monoisotopic (exact) mass is 432 g/mol. The van der Waals surface area contributed by atoms with Crippen molar-refractivity contribution in [2.75, 3.05) is 0 Å². The van der Waals surface area contributed by atoms with Gasteiger partial charge in [-0.1, -0.05) is 35.9 Å². The lowest BCUT2D eigenvalue weighted by Gasteiger charge is -2.12. The van der Waals surface area contributed by atoms with Gasteiger partial charge in [-0.2, -0.15) is 10.2 Å². The fourth-order valence-corrected chi connectivity index (χ4v) is 4.15. The van der Waals surface area contributed by atoms with Gasteiger partial charge in [-0.25, -0.2) is 9.36 Å². The van der Waals surface area contributed by atoms with Gasteiger partial charge in [0.05, 0.1) is 27.8 Å². The van der Waals surface area contributed by atoms with E-state index in [9.17, 15) is 0 Å². The predicted octanol–water partition coefficient (Wildman–Crippen LogP) is 6.73. The first-order chi connectivity index (χ1) is 14.7. The van der Waals surface area contributed by atoms with Crippen molar-refractivity contribution in [1.29, 1.82) is 0 Å². The third kappa shape index (κ3) is 3.81. The molecule has 0 fully saturated rings. The minimum Gasteiger partial charge on any atom is -0.246 e. The summed E-state index contributed by atoms with van der Waals surface area (Å²) >= 11 is 6.41. The third-order valence-corrected chi connectivity index (χ3v) is 6.86. The molecule has 2 aromatic carbocycles. The Labute approximate surface area is 189 Å². The van der Waals surface area contributed by atoms with Crippen molar-refractivity contribution in [3.8, 4) is 22.5 Å². The van der Waals surface area contributed by atoms with Gasteiger partial charge < -0.3 is 0 Å². The first kappa shape index (κ1) is 21.4. The summed E-state index contributed by atoms with van der Waals surface area (Å²) in [6, 6.07) is 13.2. The van der Waals surface area contributed by atoms with Crippen LogP contribution in [0.1, 0.15) is 39.2 Å². The molecule has 5 heteroatoms. The van der Waals surface area contributed by atoms with Crippen LogP contribution in [0.5, 0.6) is 0 Å². The summed E-state index contributed by atoms with van der Waals surface area (Å²) in [5.74, 6) is 0. The van der Waals surface area contributed by atoms with Crippen LogP contribution in [0, 0.1) is 48.5 Å². The summed E-state index contributed by atoms with van der Waals surface area (Å²) in [7, 11) is 0. The van der Waals surface area contributed by atoms with Gasteiger partial charge in [0, 0.05) is 16.7 Å². The number of aryl methyl sites for hydroxylation is 5. The molecule has 0 spiro atoms. The number of benzene rings is 2. The van der Waals surface area contributed by atoms with Gasteiger partial charge in [-0.3, -0.25) is 0 Å². The molecule has 0 saturated heterocycles. The highest BCUT2D eigenvalue weighted by atomic mass is 35.5. The van der Waals surface area contributed by atoms with Crippen LogP contribution in [-0.4, -0.2) is 19.6 Å². The zero-order valence-corrected chi connectivity index (χ0v) is 20.1. The van der Waals surface area contributed by atoms with Gasteiger partial charge in [0.2, 0.25) is 0 Å². The van der Waals surface area contributed by atoms with Crippen molar-refractivity contribution in [3.05, 3.63) is 80.6 Å². The Balaban J connectivity index is 1.91. The fraction of sp³-hybridized carbons (Fsp3) is 0.308. The average molecular weight is 433 g/mol. The molecule has 31 heavy (non-hydrogen) atoms. The van der Waals surface area contributed by atoms with Crippen molar-refractivity contribution in [2.24, 2.45) is 0 Å². The van der Waals surface area contributed by atoms with Crippen LogP contribution in [0.25, 0.3) is 22.5 Å². The normalized spacial score (nSPS) is 11.4. The van der Waals surface area contributed by atoms with Crippen LogP contribution in [0.2, 0.25) is 5.02 Å². The Morgan fingerprint density at radius 3 is 1.84 bits per heavy atom. The summed E-state index contributed by atoms with van der Waals surface area (Å²) in [6.07, 6.45) is 0. The smallest absolute Gasteiger partial charge is 0.134 e. The number of nitrogens with zero attached hydrogens (tertiary/aromatic N) is 4. The van der Waals surface area contributed by atoms with E-state index < -0.39 is 0 Å². The van der Waals surface area contributed by atoms with E-state index in [1.165, 1.54) is 27.8 Å². The maximum Gasteiger partial charge on any atom is 0.134 e. The highest BCUT2D eigenvalue weighted by Gasteiger charge is 2.20. The molecule has 0 amide bonds. The van der Waals surface area contributed by atoms with Crippen LogP contribution in [0.3, 0.4) is 0 Å². The molecule has 2 aromatic heterocycles. The first-order valence-electron chi connectivity index (χ1n) is 10.6. The molecule has 4 aromatic rings. The quantitative estimate of drug-likeness (QED) is 0.358. The Morgan fingerprint density at radius 1 is 0.710 bits per heavy atom. The fourth-order valence-electron chi connectivity index (χ4n) is 4.01. The Morgan fingerprint density at radius 2 is 1.29 bits per heavy atom. The van der Waals surface area contributed by atoms with Crippen LogP contribution < -0.4 is 0 Å². The van der Waals surface area contributed by atoms with Gasteiger partial charge in [-0.15, -0.1) is 0 Å².